The summed E-state index contributed by atoms with van der Waals surface area (Å²) in [5, 5.41) is 1.20. The van der Waals surface area contributed by atoms with Gasteiger partial charge in [0.05, 0.1) is 5.52 Å². The molecule has 0 atom stereocenters. The molecule has 0 saturated carbocycles. The average molecular weight is 338 g/mol. The number of benzene rings is 3. The molecule has 4 aromatic rings. The largest absolute Gasteiger partial charge is 0.291 e. The number of rotatable bonds is 6. The van der Waals surface area contributed by atoms with Gasteiger partial charge in [0.15, 0.2) is 0 Å². The van der Waals surface area contributed by atoms with Crippen molar-refractivity contribution in [1.82, 2.24) is 9.88 Å². The molecule has 2 nitrogen and oxygen atoms in total. The zero-order valence-corrected chi connectivity index (χ0v) is 14.8. The summed E-state index contributed by atoms with van der Waals surface area (Å²) in [6, 6.07) is 31.9. The van der Waals surface area contributed by atoms with Gasteiger partial charge >= 0.3 is 0 Å². The molecule has 2 heteroatoms. The Kier molecular flexibility index (Phi) is 5.04. The second kappa shape index (κ2) is 7.94. The van der Waals surface area contributed by atoms with Gasteiger partial charge in [-0.3, -0.25) is 9.88 Å². The summed E-state index contributed by atoms with van der Waals surface area (Å²) in [5.41, 5.74) is 4.96. The lowest BCUT2D eigenvalue weighted by atomic mass is 10.1. The molecule has 128 valence electrons. The summed E-state index contributed by atoms with van der Waals surface area (Å²) < 4.78 is 0. The maximum absolute atomic E-state index is 4.62. The molecule has 0 aliphatic rings. The third-order valence-corrected chi connectivity index (χ3v) is 4.55. The Bertz CT molecular complexity index is 923. The fourth-order valence-corrected chi connectivity index (χ4v) is 3.31. The highest BCUT2D eigenvalue weighted by molar-refractivity contribution is 5.78. The van der Waals surface area contributed by atoms with Crippen LogP contribution in [-0.2, 0) is 19.6 Å². The Balaban J connectivity index is 1.58. The summed E-state index contributed by atoms with van der Waals surface area (Å²) in [6.07, 6.45) is 2.01. The number of pyridine rings is 1. The van der Waals surface area contributed by atoms with Crippen LogP contribution < -0.4 is 0 Å². The van der Waals surface area contributed by atoms with Crippen molar-refractivity contribution in [2.45, 2.75) is 19.6 Å². The quantitative estimate of drug-likeness (QED) is 0.465. The van der Waals surface area contributed by atoms with Gasteiger partial charge in [-0.1, -0.05) is 78.9 Å². The average Bonchev–Trinajstić information content (AvgIpc) is 2.69. The van der Waals surface area contributed by atoms with E-state index in [1.165, 1.54) is 22.1 Å². The van der Waals surface area contributed by atoms with Crippen LogP contribution in [0.2, 0.25) is 0 Å². The van der Waals surface area contributed by atoms with Crippen molar-refractivity contribution in [2.24, 2.45) is 0 Å². The number of hydrogen-bond acceptors (Lipinski definition) is 2. The molecule has 0 spiro atoms. The lowest BCUT2D eigenvalue weighted by Crippen LogP contribution is -2.22. The van der Waals surface area contributed by atoms with Crippen molar-refractivity contribution < 1.29 is 0 Å². The Hall–Kier alpha value is -2.97. The highest BCUT2D eigenvalue weighted by Crippen LogP contribution is 2.17. The number of nitrogens with zero attached hydrogens (tertiary/aromatic N) is 2. The van der Waals surface area contributed by atoms with E-state index in [9.17, 15) is 0 Å². The highest BCUT2D eigenvalue weighted by Gasteiger charge is 2.09. The van der Waals surface area contributed by atoms with Gasteiger partial charge in [-0.05, 0) is 28.8 Å². The topological polar surface area (TPSA) is 16.1 Å². The first-order valence-electron chi connectivity index (χ1n) is 9.01. The van der Waals surface area contributed by atoms with Crippen molar-refractivity contribution in [3.05, 3.63) is 114 Å². The first-order valence-corrected chi connectivity index (χ1v) is 9.01. The summed E-state index contributed by atoms with van der Waals surface area (Å²) in [7, 11) is 0. The van der Waals surface area contributed by atoms with Gasteiger partial charge < -0.3 is 0 Å². The van der Waals surface area contributed by atoms with Gasteiger partial charge in [-0.15, -0.1) is 0 Å². The van der Waals surface area contributed by atoms with Crippen molar-refractivity contribution in [3.8, 4) is 0 Å². The summed E-state index contributed by atoms with van der Waals surface area (Å²) in [6.45, 7) is 2.72. The Morgan fingerprint density at radius 1 is 0.577 bits per heavy atom. The van der Waals surface area contributed by atoms with E-state index in [4.69, 9.17) is 0 Å². The highest BCUT2D eigenvalue weighted by atomic mass is 15.1. The van der Waals surface area contributed by atoms with Crippen LogP contribution in [0.3, 0.4) is 0 Å². The van der Waals surface area contributed by atoms with E-state index < -0.39 is 0 Å². The minimum atomic E-state index is 0.877. The molecular weight excluding hydrogens is 316 g/mol. The second-order valence-corrected chi connectivity index (χ2v) is 6.65. The lowest BCUT2D eigenvalue weighted by molar-refractivity contribution is 0.247. The van der Waals surface area contributed by atoms with E-state index in [1.54, 1.807) is 0 Å². The van der Waals surface area contributed by atoms with Gasteiger partial charge in [0.25, 0.3) is 0 Å². The molecule has 1 aromatic heterocycles. The monoisotopic (exact) mass is 338 g/mol. The molecule has 0 amide bonds. The summed E-state index contributed by atoms with van der Waals surface area (Å²) in [4.78, 5) is 7.09. The minimum Gasteiger partial charge on any atom is -0.291 e. The molecule has 0 fully saturated rings. The first kappa shape index (κ1) is 16.5. The third-order valence-electron chi connectivity index (χ3n) is 4.55. The van der Waals surface area contributed by atoms with E-state index in [-0.39, 0.29) is 0 Å². The number of fused-ring (bicyclic) bond motifs is 1. The fourth-order valence-electron chi connectivity index (χ4n) is 3.31. The lowest BCUT2D eigenvalue weighted by Gasteiger charge is -2.23. The molecule has 26 heavy (non-hydrogen) atoms. The van der Waals surface area contributed by atoms with E-state index in [0.29, 0.717) is 0 Å². The predicted octanol–water partition coefficient (Wildman–Crippen LogP) is 5.44. The molecule has 3 aromatic carbocycles. The van der Waals surface area contributed by atoms with Crippen molar-refractivity contribution >= 4 is 10.9 Å². The Morgan fingerprint density at radius 2 is 1.12 bits per heavy atom. The molecule has 0 saturated heterocycles. The second-order valence-electron chi connectivity index (χ2n) is 6.65. The SMILES string of the molecule is c1ccc(CN(Cc2ccccc2)Cc2cnc3ccccc3c2)cc1. The molecule has 4 rings (SSSR count). The van der Waals surface area contributed by atoms with Gasteiger partial charge in [0.1, 0.15) is 0 Å². The molecule has 0 N–H and O–H groups in total. The predicted molar refractivity (Wildman–Crippen MR) is 108 cm³/mol. The normalized spacial score (nSPS) is 11.1. The van der Waals surface area contributed by atoms with Gasteiger partial charge in [-0.25, -0.2) is 0 Å². The van der Waals surface area contributed by atoms with Crippen LogP contribution in [0.4, 0.5) is 0 Å². The Morgan fingerprint density at radius 3 is 1.77 bits per heavy atom. The van der Waals surface area contributed by atoms with Crippen LogP contribution in [0.1, 0.15) is 16.7 Å². The number of para-hydroxylation sites is 1. The zero-order valence-electron chi connectivity index (χ0n) is 14.8. The summed E-state index contributed by atoms with van der Waals surface area (Å²) in [5.74, 6) is 0. The van der Waals surface area contributed by atoms with Crippen LogP contribution in [0.25, 0.3) is 10.9 Å². The molecule has 0 aliphatic heterocycles. The molecule has 0 unspecified atom stereocenters. The van der Waals surface area contributed by atoms with Crippen LogP contribution in [-0.4, -0.2) is 9.88 Å². The van der Waals surface area contributed by atoms with Crippen LogP contribution in [0.15, 0.2) is 97.2 Å². The van der Waals surface area contributed by atoms with E-state index in [2.05, 4.69) is 94.8 Å². The fraction of sp³-hybridized carbons (Fsp3) is 0.125. The molecule has 0 bridgehead atoms. The maximum Gasteiger partial charge on any atom is 0.0702 e. The minimum absolute atomic E-state index is 0.877. The van der Waals surface area contributed by atoms with E-state index in [1.807, 2.05) is 12.3 Å². The molecular formula is C24H22N2. The molecule has 1 heterocycles. The van der Waals surface area contributed by atoms with E-state index >= 15 is 0 Å². The van der Waals surface area contributed by atoms with E-state index in [0.717, 1.165) is 25.2 Å². The maximum atomic E-state index is 4.62. The third kappa shape index (κ3) is 4.16. The smallest absolute Gasteiger partial charge is 0.0702 e. The number of aromatic nitrogens is 1. The first-order chi connectivity index (χ1) is 12.9. The van der Waals surface area contributed by atoms with Gasteiger partial charge in [-0.2, -0.15) is 0 Å². The van der Waals surface area contributed by atoms with Crippen molar-refractivity contribution in [1.29, 1.82) is 0 Å². The molecule has 0 radical (unpaired) electrons. The molecule has 0 aliphatic carbocycles. The van der Waals surface area contributed by atoms with Gasteiger partial charge in [0, 0.05) is 31.2 Å². The standard InChI is InChI=1S/C24H22N2/c1-3-9-20(10-4-1)17-26(18-21-11-5-2-6-12-21)19-22-15-23-13-7-8-14-24(23)25-16-22/h1-16H,17-19H2. The van der Waals surface area contributed by atoms with Crippen molar-refractivity contribution in [2.75, 3.05) is 0 Å². The number of hydrogen-bond donors (Lipinski definition) is 0. The zero-order chi connectivity index (χ0) is 17.6. The van der Waals surface area contributed by atoms with Gasteiger partial charge in [0.2, 0.25) is 0 Å². The van der Waals surface area contributed by atoms with Crippen LogP contribution >= 0.6 is 0 Å². The Labute approximate surface area is 154 Å². The van der Waals surface area contributed by atoms with Crippen LogP contribution in [0, 0.1) is 0 Å². The van der Waals surface area contributed by atoms with Crippen molar-refractivity contribution in [3.63, 3.8) is 0 Å². The van der Waals surface area contributed by atoms with Crippen LogP contribution in [0.5, 0.6) is 0 Å². The summed E-state index contributed by atoms with van der Waals surface area (Å²) >= 11 is 0.